The molecule has 0 aromatic carbocycles. The number of aliphatic hydroxyl groups excluding tert-OH is 2. The minimum absolute atomic E-state index is 0.0347. The Morgan fingerprint density at radius 3 is 2.50 bits per heavy atom. The van der Waals surface area contributed by atoms with Crippen LogP contribution in [0.4, 0.5) is 0 Å². The lowest BCUT2D eigenvalue weighted by molar-refractivity contribution is -0.191. The fourth-order valence-corrected chi connectivity index (χ4v) is 8.12. The molecule has 4 nitrogen and oxygen atoms in total. The van der Waals surface area contributed by atoms with E-state index in [9.17, 15) is 20.1 Å². The quantitative estimate of drug-likeness (QED) is 0.740. The van der Waals surface area contributed by atoms with Gasteiger partial charge in [0.1, 0.15) is 0 Å². The molecular weight excluding hydrogens is 304 g/mol. The maximum Gasteiger partial charge on any atom is 0.312 e. The lowest BCUT2D eigenvalue weighted by atomic mass is 9.41. The van der Waals surface area contributed by atoms with Crippen LogP contribution in [-0.2, 0) is 4.79 Å². The third-order valence-electron chi connectivity index (χ3n) is 9.04. The van der Waals surface area contributed by atoms with Crippen molar-refractivity contribution in [3.63, 3.8) is 0 Å². The Balaban J connectivity index is 1.72. The Morgan fingerprint density at radius 2 is 1.83 bits per heavy atom. The summed E-state index contributed by atoms with van der Waals surface area (Å²) in [6.07, 6.45) is 9.44. The fourth-order valence-electron chi connectivity index (χ4n) is 8.12. The molecule has 0 saturated heterocycles. The molecule has 0 unspecified atom stereocenters. The summed E-state index contributed by atoms with van der Waals surface area (Å²) in [6.45, 7) is 2.43. The van der Waals surface area contributed by atoms with E-state index >= 15 is 0 Å². The van der Waals surface area contributed by atoms with E-state index < -0.39 is 11.4 Å². The molecule has 4 aliphatic carbocycles. The Bertz CT molecular complexity index is 534. The van der Waals surface area contributed by atoms with Gasteiger partial charge in [-0.2, -0.15) is 0 Å². The zero-order valence-corrected chi connectivity index (χ0v) is 14.8. The first-order chi connectivity index (χ1) is 11.4. The van der Waals surface area contributed by atoms with E-state index in [1.165, 1.54) is 19.3 Å². The first kappa shape index (κ1) is 16.8. The summed E-state index contributed by atoms with van der Waals surface area (Å²) in [5.41, 5.74) is -0.564. The van der Waals surface area contributed by atoms with Gasteiger partial charge in [0.05, 0.1) is 12.0 Å². The second-order valence-corrected chi connectivity index (χ2v) is 9.67. The molecule has 4 aliphatic rings. The van der Waals surface area contributed by atoms with Gasteiger partial charge in [-0.05, 0) is 85.9 Å². The average Bonchev–Trinajstić information content (AvgIpc) is 2.83. The van der Waals surface area contributed by atoms with Gasteiger partial charge >= 0.3 is 5.97 Å². The molecule has 24 heavy (non-hydrogen) atoms. The van der Waals surface area contributed by atoms with E-state index in [1.54, 1.807) is 0 Å². The highest BCUT2D eigenvalue weighted by Crippen LogP contribution is 2.72. The van der Waals surface area contributed by atoms with Crippen LogP contribution < -0.4 is 0 Å². The average molecular weight is 336 g/mol. The SMILES string of the molecule is C[C@@]12CCC[C@@](CO)(C(=O)O)[C@H]1CC[C@]13C[C@@H](CO)[C@H](CC[C@H]12)C3. The second kappa shape index (κ2) is 5.44. The van der Waals surface area contributed by atoms with Gasteiger partial charge in [0.2, 0.25) is 0 Å². The monoisotopic (exact) mass is 336 g/mol. The molecular formula is C20H32O4. The van der Waals surface area contributed by atoms with Crippen LogP contribution in [0, 0.1) is 39.9 Å². The summed E-state index contributed by atoms with van der Waals surface area (Å²) in [7, 11) is 0. The molecule has 2 bridgehead atoms. The number of carbonyl (C=O) groups is 1. The maximum atomic E-state index is 12.1. The highest BCUT2D eigenvalue weighted by Gasteiger charge is 2.66. The van der Waals surface area contributed by atoms with Crippen molar-refractivity contribution < 1.29 is 20.1 Å². The number of aliphatic carboxylic acids is 1. The zero-order chi connectivity index (χ0) is 17.2. The van der Waals surface area contributed by atoms with Crippen molar-refractivity contribution in [1.82, 2.24) is 0 Å². The summed E-state index contributed by atoms with van der Waals surface area (Å²) in [5, 5.41) is 29.8. The van der Waals surface area contributed by atoms with Crippen molar-refractivity contribution in [2.24, 2.45) is 39.9 Å². The largest absolute Gasteiger partial charge is 0.481 e. The van der Waals surface area contributed by atoms with Crippen molar-refractivity contribution in [3.05, 3.63) is 0 Å². The molecule has 0 amide bonds. The lowest BCUT2D eigenvalue weighted by Crippen LogP contribution is -2.60. The van der Waals surface area contributed by atoms with Gasteiger partial charge in [-0.3, -0.25) is 4.79 Å². The summed E-state index contributed by atoms with van der Waals surface area (Å²) in [6, 6.07) is 0. The van der Waals surface area contributed by atoms with Gasteiger partial charge in [0, 0.05) is 6.61 Å². The van der Waals surface area contributed by atoms with Crippen LogP contribution in [0.25, 0.3) is 0 Å². The molecule has 0 aromatic heterocycles. The van der Waals surface area contributed by atoms with Crippen molar-refractivity contribution in [1.29, 1.82) is 0 Å². The standard InChI is InChI=1S/C20H32O4/c1-18-6-2-7-20(12-22,17(23)24)16(18)5-8-19-9-13(3-4-15(18)19)14(10-19)11-21/h13-16,21-22H,2-12H2,1H3,(H,23,24)/t13-,14+,15+,16+,18+,19+,20+/m1/s1. The van der Waals surface area contributed by atoms with E-state index in [2.05, 4.69) is 6.92 Å². The van der Waals surface area contributed by atoms with Gasteiger partial charge in [0.15, 0.2) is 0 Å². The zero-order valence-electron chi connectivity index (χ0n) is 14.8. The van der Waals surface area contributed by atoms with E-state index in [-0.39, 0.29) is 17.9 Å². The van der Waals surface area contributed by atoms with Crippen LogP contribution in [0.2, 0.25) is 0 Å². The normalized spacial score (nSPS) is 53.3. The molecule has 136 valence electrons. The molecule has 4 saturated carbocycles. The van der Waals surface area contributed by atoms with Crippen LogP contribution in [0.15, 0.2) is 0 Å². The van der Waals surface area contributed by atoms with Crippen molar-refractivity contribution in [2.75, 3.05) is 13.2 Å². The molecule has 0 heterocycles. The molecule has 4 fully saturated rings. The Morgan fingerprint density at radius 1 is 1.04 bits per heavy atom. The van der Waals surface area contributed by atoms with Crippen LogP contribution in [0.5, 0.6) is 0 Å². The van der Waals surface area contributed by atoms with Crippen molar-refractivity contribution in [3.8, 4) is 0 Å². The van der Waals surface area contributed by atoms with Gasteiger partial charge in [-0.15, -0.1) is 0 Å². The summed E-state index contributed by atoms with van der Waals surface area (Å²) in [4.78, 5) is 12.1. The van der Waals surface area contributed by atoms with Crippen molar-refractivity contribution in [2.45, 2.75) is 64.7 Å². The number of carboxylic acid groups (broad SMARTS) is 1. The molecule has 4 rings (SSSR count). The number of carboxylic acids is 1. The molecule has 0 radical (unpaired) electrons. The minimum Gasteiger partial charge on any atom is -0.481 e. The number of fused-ring (bicyclic) bond motifs is 3. The highest BCUT2D eigenvalue weighted by atomic mass is 16.4. The Labute approximate surface area is 144 Å². The summed E-state index contributed by atoms with van der Waals surface area (Å²) < 4.78 is 0. The third-order valence-corrected chi connectivity index (χ3v) is 9.04. The molecule has 0 aromatic rings. The van der Waals surface area contributed by atoms with E-state index in [0.717, 1.165) is 32.1 Å². The van der Waals surface area contributed by atoms with E-state index in [0.29, 0.717) is 36.2 Å². The molecule has 3 N–H and O–H groups in total. The van der Waals surface area contributed by atoms with Crippen LogP contribution in [-0.4, -0.2) is 34.5 Å². The number of rotatable bonds is 3. The Hall–Kier alpha value is -0.610. The van der Waals surface area contributed by atoms with Crippen LogP contribution in [0.3, 0.4) is 0 Å². The van der Waals surface area contributed by atoms with Gasteiger partial charge < -0.3 is 15.3 Å². The van der Waals surface area contributed by atoms with Crippen molar-refractivity contribution >= 4 is 5.97 Å². The Kier molecular flexibility index (Phi) is 3.82. The molecule has 4 heteroatoms. The minimum atomic E-state index is -0.930. The van der Waals surface area contributed by atoms with Crippen LogP contribution >= 0.6 is 0 Å². The number of aliphatic hydroxyl groups is 2. The van der Waals surface area contributed by atoms with Crippen LogP contribution in [0.1, 0.15) is 64.7 Å². The molecule has 1 spiro atoms. The van der Waals surface area contributed by atoms with Gasteiger partial charge in [-0.25, -0.2) is 0 Å². The predicted octanol–water partition coefficient (Wildman–Crippen LogP) is 3.06. The van der Waals surface area contributed by atoms with E-state index in [4.69, 9.17) is 0 Å². The van der Waals surface area contributed by atoms with Gasteiger partial charge in [0.25, 0.3) is 0 Å². The number of hydrogen-bond acceptors (Lipinski definition) is 3. The summed E-state index contributed by atoms with van der Waals surface area (Å²) in [5.74, 6) is 1.02. The lowest BCUT2D eigenvalue weighted by Gasteiger charge is -2.63. The van der Waals surface area contributed by atoms with E-state index in [1.807, 2.05) is 0 Å². The number of hydrogen-bond donors (Lipinski definition) is 3. The fraction of sp³-hybridized carbons (Fsp3) is 0.950. The van der Waals surface area contributed by atoms with Gasteiger partial charge in [-0.1, -0.05) is 13.3 Å². The predicted molar refractivity (Wildman–Crippen MR) is 90.3 cm³/mol. The topological polar surface area (TPSA) is 77.8 Å². The first-order valence-corrected chi connectivity index (χ1v) is 9.87. The third kappa shape index (κ3) is 1.96. The molecule has 7 atom stereocenters. The second-order valence-electron chi connectivity index (χ2n) is 9.67. The smallest absolute Gasteiger partial charge is 0.312 e. The molecule has 0 aliphatic heterocycles. The highest BCUT2D eigenvalue weighted by molar-refractivity contribution is 5.75. The maximum absolute atomic E-state index is 12.1. The summed E-state index contributed by atoms with van der Waals surface area (Å²) >= 11 is 0. The first-order valence-electron chi connectivity index (χ1n) is 9.87.